The molecule has 0 saturated heterocycles. The first-order valence-corrected chi connectivity index (χ1v) is 8.64. The molecule has 21 heavy (non-hydrogen) atoms. The monoisotopic (exact) mass is 287 g/mol. The Balaban J connectivity index is 1.71. The highest BCUT2D eigenvalue weighted by Gasteiger charge is 2.32. The summed E-state index contributed by atoms with van der Waals surface area (Å²) in [5.74, 6) is 3.94. The molecule has 2 aliphatic rings. The Morgan fingerprint density at radius 1 is 1.10 bits per heavy atom. The fraction of sp³-hybridized carbons (Fsp3) is 0.684. The molecule has 2 heteroatoms. The Morgan fingerprint density at radius 2 is 1.81 bits per heavy atom. The molecular weight excluding hydrogens is 258 g/mol. The van der Waals surface area contributed by atoms with Crippen LogP contribution in [0.25, 0.3) is 0 Å². The van der Waals surface area contributed by atoms with E-state index in [9.17, 15) is 0 Å². The second kappa shape index (κ2) is 6.39. The molecule has 0 heterocycles. The van der Waals surface area contributed by atoms with E-state index in [-0.39, 0.29) is 0 Å². The first-order chi connectivity index (χ1) is 10.2. The normalized spacial score (nSPS) is 29.6. The number of benzene rings is 1. The molecule has 0 radical (unpaired) electrons. The fourth-order valence-corrected chi connectivity index (χ4v) is 3.73. The molecule has 116 valence electrons. The van der Waals surface area contributed by atoms with Gasteiger partial charge in [-0.05, 0) is 80.0 Å². The zero-order chi connectivity index (χ0) is 14.8. The lowest BCUT2D eigenvalue weighted by atomic mass is 9.68. The van der Waals surface area contributed by atoms with Crippen molar-refractivity contribution in [2.45, 2.75) is 58.0 Å². The summed E-state index contributed by atoms with van der Waals surface area (Å²) >= 11 is 0. The molecule has 2 aliphatic carbocycles. The minimum atomic E-state index is 0.479. The van der Waals surface area contributed by atoms with Crippen LogP contribution in [0.5, 0.6) is 5.75 Å². The van der Waals surface area contributed by atoms with Crippen molar-refractivity contribution >= 4 is 0 Å². The lowest BCUT2D eigenvalue weighted by Gasteiger charge is -2.37. The summed E-state index contributed by atoms with van der Waals surface area (Å²) in [4.78, 5) is 0. The van der Waals surface area contributed by atoms with E-state index >= 15 is 0 Å². The van der Waals surface area contributed by atoms with Gasteiger partial charge in [-0.1, -0.05) is 26.0 Å². The average Bonchev–Trinajstić information content (AvgIpc) is 3.31. The largest absolute Gasteiger partial charge is 0.490 e. The van der Waals surface area contributed by atoms with Crippen molar-refractivity contribution in [3.05, 3.63) is 29.8 Å². The molecule has 0 aliphatic heterocycles. The van der Waals surface area contributed by atoms with Crippen LogP contribution < -0.4 is 10.5 Å². The average molecular weight is 287 g/mol. The summed E-state index contributed by atoms with van der Waals surface area (Å²) < 4.78 is 5.86. The van der Waals surface area contributed by atoms with Gasteiger partial charge >= 0.3 is 0 Å². The molecule has 0 amide bonds. The molecule has 0 aromatic heterocycles. The maximum atomic E-state index is 6.03. The first-order valence-electron chi connectivity index (χ1n) is 8.64. The first kappa shape index (κ1) is 14.9. The zero-order valence-electron chi connectivity index (χ0n) is 13.4. The minimum Gasteiger partial charge on any atom is -0.490 e. The minimum absolute atomic E-state index is 0.479. The second-order valence-corrected chi connectivity index (χ2v) is 7.31. The summed E-state index contributed by atoms with van der Waals surface area (Å²) in [5, 5.41) is 0. The van der Waals surface area contributed by atoms with E-state index in [1.807, 2.05) is 0 Å². The van der Waals surface area contributed by atoms with E-state index in [0.717, 1.165) is 24.1 Å². The highest BCUT2D eigenvalue weighted by Crippen LogP contribution is 2.43. The third kappa shape index (κ3) is 3.60. The van der Waals surface area contributed by atoms with Gasteiger partial charge in [-0.3, -0.25) is 0 Å². The fourth-order valence-electron chi connectivity index (χ4n) is 3.73. The third-order valence-electron chi connectivity index (χ3n) is 5.41. The summed E-state index contributed by atoms with van der Waals surface area (Å²) in [7, 11) is 0. The van der Waals surface area contributed by atoms with Gasteiger partial charge in [-0.15, -0.1) is 0 Å². The van der Waals surface area contributed by atoms with Gasteiger partial charge in [0.1, 0.15) is 5.75 Å². The van der Waals surface area contributed by atoms with Gasteiger partial charge in [-0.2, -0.15) is 0 Å². The SMILES string of the molecule is CC(C)C1CCC(CN)C(c2ccc(OC3CC3)cc2)C1. The Hall–Kier alpha value is -1.02. The molecule has 2 fully saturated rings. The van der Waals surface area contributed by atoms with Crippen LogP contribution in [0.2, 0.25) is 0 Å². The van der Waals surface area contributed by atoms with Crippen LogP contribution >= 0.6 is 0 Å². The maximum absolute atomic E-state index is 6.03. The van der Waals surface area contributed by atoms with Crippen molar-refractivity contribution in [2.75, 3.05) is 6.54 Å². The molecule has 0 spiro atoms. The highest BCUT2D eigenvalue weighted by molar-refractivity contribution is 5.30. The van der Waals surface area contributed by atoms with Crippen LogP contribution in [0.15, 0.2) is 24.3 Å². The Labute approximate surface area is 129 Å². The Bertz CT molecular complexity index is 449. The van der Waals surface area contributed by atoms with E-state index in [4.69, 9.17) is 10.5 Å². The maximum Gasteiger partial charge on any atom is 0.119 e. The quantitative estimate of drug-likeness (QED) is 0.874. The van der Waals surface area contributed by atoms with Crippen LogP contribution in [0.1, 0.15) is 57.4 Å². The summed E-state index contributed by atoms with van der Waals surface area (Å²) in [6, 6.07) is 8.85. The van der Waals surface area contributed by atoms with Crippen molar-refractivity contribution in [3.8, 4) is 5.75 Å². The molecule has 3 atom stereocenters. The van der Waals surface area contributed by atoms with E-state index in [0.29, 0.717) is 17.9 Å². The third-order valence-corrected chi connectivity index (χ3v) is 5.41. The highest BCUT2D eigenvalue weighted by atomic mass is 16.5. The van der Waals surface area contributed by atoms with Gasteiger partial charge in [0.15, 0.2) is 0 Å². The molecule has 1 aromatic rings. The van der Waals surface area contributed by atoms with Crippen molar-refractivity contribution in [2.24, 2.45) is 23.5 Å². The van der Waals surface area contributed by atoms with Gasteiger partial charge in [-0.25, -0.2) is 0 Å². The topological polar surface area (TPSA) is 35.2 Å². The van der Waals surface area contributed by atoms with E-state index in [1.54, 1.807) is 0 Å². The van der Waals surface area contributed by atoms with Gasteiger partial charge in [0.05, 0.1) is 6.10 Å². The summed E-state index contributed by atoms with van der Waals surface area (Å²) in [5.41, 5.74) is 7.49. The molecule has 0 bridgehead atoms. The lowest BCUT2D eigenvalue weighted by Crippen LogP contribution is -2.30. The van der Waals surface area contributed by atoms with E-state index < -0.39 is 0 Å². The molecule has 2 N–H and O–H groups in total. The predicted molar refractivity (Wildman–Crippen MR) is 87.6 cm³/mol. The van der Waals surface area contributed by atoms with Crippen molar-refractivity contribution in [3.63, 3.8) is 0 Å². The van der Waals surface area contributed by atoms with Crippen LogP contribution in [0, 0.1) is 17.8 Å². The zero-order valence-corrected chi connectivity index (χ0v) is 13.4. The molecule has 3 unspecified atom stereocenters. The van der Waals surface area contributed by atoms with Crippen molar-refractivity contribution < 1.29 is 4.74 Å². The van der Waals surface area contributed by atoms with Crippen molar-refractivity contribution in [1.82, 2.24) is 0 Å². The van der Waals surface area contributed by atoms with Crippen LogP contribution in [0.3, 0.4) is 0 Å². The summed E-state index contributed by atoms with van der Waals surface area (Å²) in [6.07, 6.45) is 6.84. The number of ether oxygens (including phenoxy) is 1. The van der Waals surface area contributed by atoms with Crippen LogP contribution in [-0.4, -0.2) is 12.6 Å². The van der Waals surface area contributed by atoms with Crippen molar-refractivity contribution in [1.29, 1.82) is 0 Å². The standard InChI is InChI=1S/C19H29NO/c1-13(2)15-3-4-16(12-20)19(11-15)14-5-7-17(8-6-14)21-18-9-10-18/h5-8,13,15-16,18-19H,3-4,9-12,20H2,1-2H3. The smallest absolute Gasteiger partial charge is 0.119 e. The predicted octanol–water partition coefficient (Wildman–Crippen LogP) is 4.34. The van der Waals surface area contributed by atoms with Gasteiger partial charge in [0, 0.05) is 0 Å². The van der Waals surface area contributed by atoms with Crippen LogP contribution in [-0.2, 0) is 0 Å². The Kier molecular flexibility index (Phi) is 4.54. The lowest BCUT2D eigenvalue weighted by molar-refractivity contribution is 0.197. The second-order valence-electron chi connectivity index (χ2n) is 7.31. The molecular formula is C19H29NO. The summed E-state index contributed by atoms with van der Waals surface area (Å²) in [6.45, 7) is 5.53. The number of rotatable bonds is 5. The van der Waals surface area contributed by atoms with E-state index in [1.165, 1.54) is 37.7 Å². The molecule has 2 nitrogen and oxygen atoms in total. The Morgan fingerprint density at radius 3 is 2.38 bits per heavy atom. The number of hydrogen-bond acceptors (Lipinski definition) is 2. The van der Waals surface area contributed by atoms with Crippen LogP contribution in [0.4, 0.5) is 0 Å². The molecule has 2 saturated carbocycles. The van der Waals surface area contributed by atoms with E-state index in [2.05, 4.69) is 38.1 Å². The number of nitrogens with two attached hydrogens (primary N) is 1. The van der Waals surface area contributed by atoms with Gasteiger partial charge < -0.3 is 10.5 Å². The van der Waals surface area contributed by atoms with Gasteiger partial charge in [0.2, 0.25) is 0 Å². The molecule has 3 rings (SSSR count). The van der Waals surface area contributed by atoms with Gasteiger partial charge in [0.25, 0.3) is 0 Å². The number of hydrogen-bond donors (Lipinski definition) is 1. The molecule has 1 aromatic carbocycles.